The Morgan fingerprint density at radius 1 is 0.902 bits per heavy atom. The zero-order valence-corrected chi connectivity index (χ0v) is 24.2. The molecule has 10 heteroatoms. The van der Waals surface area contributed by atoms with Gasteiger partial charge in [-0.25, -0.2) is 4.98 Å². The molecule has 1 amide bonds. The third-order valence-electron chi connectivity index (χ3n) is 6.38. The second kappa shape index (κ2) is 13.7. The van der Waals surface area contributed by atoms with E-state index in [-0.39, 0.29) is 5.91 Å². The molecule has 4 aromatic rings. The van der Waals surface area contributed by atoms with Gasteiger partial charge in [0.1, 0.15) is 11.3 Å². The van der Waals surface area contributed by atoms with Gasteiger partial charge in [0.15, 0.2) is 0 Å². The van der Waals surface area contributed by atoms with E-state index in [0.29, 0.717) is 24.5 Å². The Balaban J connectivity index is 1.36. The summed E-state index contributed by atoms with van der Waals surface area (Å²) in [7, 11) is 3.16. The summed E-state index contributed by atoms with van der Waals surface area (Å²) >= 11 is 1.45. The molecule has 0 aliphatic heterocycles. The summed E-state index contributed by atoms with van der Waals surface area (Å²) < 4.78 is 14.1. The Kier molecular flexibility index (Phi) is 9.81. The monoisotopic (exact) mass is 571 g/mol. The van der Waals surface area contributed by atoms with Crippen molar-refractivity contribution in [1.82, 2.24) is 10.3 Å². The van der Waals surface area contributed by atoms with Gasteiger partial charge in [-0.15, -0.1) is 4.91 Å². The first-order chi connectivity index (χ1) is 19.8. The van der Waals surface area contributed by atoms with Crippen molar-refractivity contribution in [3.05, 3.63) is 101 Å². The summed E-state index contributed by atoms with van der Waals surface area (Å²) in [6.45, 7) is 4.60. The van der Waals surface area contributed by atoms with Crippen LogP contribution in [0.1, 0.15) is 29.8 Å². The highest BCUT2D eigenvalue weighted by molar-refractivity contribution is 8.00. The van der Waals surface area contributed by atoms with Crippen molar-refractivity contribution in [3.8, 4) is 22.8 Å². The number of hydrogen-bond acceptors (Lipinski definition) is 9. The lowest BCUT2D eigenvalue weighted by Crippen LogP contribution is -2.28. The fourth-order valence-electron chi connectivity index (χ4n) is 4.02. The van der Waals surface area contributed by atoms with E-state index in [9.17, 15) is 9.70 Å². The predicted molar refractivity (Wildman–Crippen MR) is 165 cm³/mol. The van der Waals surface area contributed by atoms with Crippen LogP contribution in [-0.4, -0.2) is 38.2 Å². The van der Waals surface area contributed by atoms with Crippen molar-refractivity contribution in [2.75, 3.05) is 37.3 Å². The molecular weight excluding hydrogens is 538 g/mol. The average molecular weight is 572 g/mol. The lowest BCUT2D eigenvalue weighted by Gasteiger charge is -2.17. The topological polar surface area (TPSA) is 114 Å². The molecule has 0 saturated carbocycles. The molecule has 9 nitrogen and oxygen atoms in total. The molecule has 212 valence electrons. The number of carbonyl (C=O) groups is 1. The lowest BCUT2D eigenvalue weighted by molar-refractivity contribution is 0.0954. The normalized spacial score (nSPS) is 10.9. The Hall–Kier alpha value is -4.57. The number of aromatic nitrogens is 1. The number of methoxy groups -OCH3 is 2. The predicted octanol–water partition coefficient (Wildman–Crippen LogP) is 6.73. The third kappa shape index (κ3) is 7.76. The number of rotatable bonds is 13. The van der Waals surface area contributed by atoms with Crippen LogP contribution in [0.15, 0.2) is 95.1 Å². The van der Waals surface area contributed by atoms with Crippen LogP contribution >= 0.6 is 11.9 Å². The molecular formula is C31H33N5O4S. The SMILES string of the molecule is COc1cc(C(=O)NCCNc2cccc(NSc3cc(-c4cccc(C(C)(C)N=O)c4)ccc3OC)c2)ccn1. The van der Waals surface area contributed by atoms with Gasteiger partial charge in [0.2, 0.25) is 5.88 Å². The van der Waals surface area contributed by atoms with Gasteiger partial charge in [-0.3, -0.25) is 4.79 Å². The summed E-state index contributed by atoms with van der Waals surface area (Å²) in [6, 6.07) is 25.0. The number of benzene rings is 3. The van der Waals surface area contributed by atoms with E-state index < -0.39 is 5.54 Å². The number of ether oxygens (including phenoxy) is 2. The van der Waals surface area contributed by atoms with Crippen LogP contribution < -0.4 is 24.8 Å². The molecule has 0 spiro atoms. The lowest BCUT2D eigenvalue weighted by atomic mass is 9.92. The summed E-state index contributed by atoms with van der Waals surface area (Å²) in [6.07, 6.45) is 1.54. The molecule has 0 unspecified atom stereocenters. The van der Waals surface area contributed by atoms with E-state index >= 15 is 0 Å². The van der Waals surface area contributed by atoms with E-state index in [2.05, 4.69) is 31.6 Å². The summed E-state index contributed by atoms with van der Waals surface area (Å²) in [5.74, 6) is 0.952. The zero-order valence-electron chi connectivity index (χ0n) is 23.4. The number of hydrogen-bond donors (Lipinski definition) is 3. The quantitative estimate of drug-likeness (QED) is 0.0920. The molecule has 3 N–H and O–H groups in total. The first-order valence-corrected chi connectivity index (χ1v) is 13.8. The van der Waals surface area contributed by atoms with Crippen LogP contribution in [0.5, 0.6) is 11.6 Å². The molecule has 0 aliphatic rings. The first kappa shape index (κ1) is 29.4. The van der Waals surface area contributed by atoms with Gasteiger partial charge in [0.05, 0.1) is 19.1 Å². The van der Waals surface area contributed by atoms with E-state index in [4.69, 9.17) is 9.47 Å². The average Bonchev–Trinajstić information content (AvgIpc) is 3.02. The van der Waals surface area contributed by atoms with Crippen LogP contribution in [0.2, 0.25) is 0 Å². The second-order valence-electron chi connectivity index (χ2n) is 9.65. The first-order valence-electron chi connectivity index (χ1n) is 13.0. The highest BCUT2D eigenvalue weighted by Gasteiger charge is 2.21. The standard InChI is InChI=1S/C31H33N5O4S/c1-31(2,36-38)24-8-5-7-21(17-24)22-11-12-27(39-3)28(18-22)41-35-26-10-6-9-25(20-26)32-15-16-34-30(37)23-13-14-33-29(19-23)40-4/h5-14,17-20,32,35H,15-16H2,1-4H3,(H,34,37). The van der Waals surface area contributed by atoms with Crippen LogP contribution in [0, 0.1) is 4.91 Å². The van der Waals surface area contributed by atoms with Crippen molar-refractivity contribution >= 4 is 29.2 Å². The molecule has 0 aliphatic carbocycles. The third-order valence-corrected chi connectivity index (χ3v) is 7.26. The fraction of sp³-hybridized carbons (Fsp3) is 0.226. The molecule has 1 aromatic heterocycles. The maximum absolute atomic E-state index is 12.4. The zero-order chi connectivity index (χ0) is 29.2. The van der Waals surface area contributed by atoms with Crippen LogP contribution in [0.25, 0.3) is 11.1 Å². The minimum atomic E-state index is -0.806. The number of pyridine rings is 1. The van der Waals surface area contributed by atoms with Gasteiger partial charge in [0.25, 0.3) is 5.91 Å². The Morgan fingerprint density at radius 2 is 1.68 bits per heavy atom. The van der Waals surface area contributed by atoms with Crippen molar-refractivity contribution in [2.24, 2.45) is 5.18 Å². The van der Waals surface area contributed by atoms with Gasteiger partial charge >= 0.3 is 0 Å². The maximum Gasteiger partial charge on any atom is 0.251 e. The van der Waals surface area contributed by atoms with Crippen molar-refractivity contribution in [1.29, 1.82) is 0 Å². The Bertz CT molecular complexity index is 1510. The molecule has 41 heavy (non-hydrogen) atoms. The van der Waals surface area contributed by atoms with Gasteiger partial charge < -0.3 is 24.8 Å². The molecule has 0 bridgehead atoms. The molecule has 0 fully saturated rings. The van der Waals surface area contributed by atoms with Crippen LogP contribution in [0.3, 0.4) is 0 Å². The van der Waals surface area contributed by atoms with Crippen molar-refractivity contribution in [2.45, 2.75) is 24.3 Å². The van der Waals surface area contributed by atoms with Crippen molar-refractivity contribution in [3.63, 3.8) is 0 Å². The number of nitroso groups, excluding NO2 is 1. The number of carbonyl (C=O) groups excluding carboxylic acids is 1. The summed E-state index contributed by atoms with van der Waals surface area (Å²) in [5.41, 5.74) is 4.36. The smallest absolute Gasteiger partial charge is 0.251 e. The highest BCUT2D eigenvalue weighted by atomic mass is 32.2. The van der Waals surface area contributed by atoms with E-state index in [0.717, 1.165) is 38.7 Å². The second-order valence-corrected chi connectivity index (χ2v) is 10.5. The molecule has 1 heterocycles. The maximum atomic E-state index is 12.4. The highest BCUT2D eigenvalue weighted by Crippen LogP contribution is 2.36. The molecule has 4 rings (SSSR count). The molecule has 0 radical (unpaired) electrons. The largest absolute Gasteiger partial charge is 0.496 e. The Labute approximate surface area is 244 Å². The molecule has 0 atom stereocenters. The van der Waals surface area contributed by atoms with Crippen LogP contribution in [-0.2, 0) is 5.54 Å². The number of nitrogens with zero attached hydrogens (tertiary/aromatic N) is 2. The van der Waals surface area contributed by atoms with Gasteiger partial charge in [0, 0.05) is 42.3 Å². The summed E-state index contributed by atoms with van der Waals surface area (Å²) in [5, 5.41) is 9.50. The van der Waals surface area contributed by atoms with Crippen LogP contribution in [0.4, 0.5) is 11.4 Å². The minimum Gasteiger partial charge on any atom is -0.496 e. The molecule has 0 saturated heterocycles. The van der Waals surface area contributed by atoms with Gasteiger partial charge in [-0.05, 0) is 85.0 Å². The minimum absolute atomic E-state index is 0.189. The van der Waals surface area contributed by atoms with E-state index in [1.165, 1.54) is 19.1 Å². The van der Waals surface area contributed by atoms with Crippen molar-refractivity contribution < 1.29 is 14.3 Å². The van der Waals surface area contributed by atoms with E-state index in [1.54, 1.807) is 39.3 Å². The fourth-order valence-corrected chi connectivity index (χ4v) is 4.81. The molecule has 3 aromatic carbocycles. The number of amides is 1. The number of anilines is 2. The summed E-state index contributed by atoms with van der Waals surface area (Å²) in [4.78, 5) is 28.6. The van der Waals surface area contributed by atoms with Gasteiger partial charge in [-0.1, -0.05) is 35.5 Å². The van der Waals surface area contributed by atoms with E-state index in [1.807, 2.05) is 60.7 Å². The Morgan fingerprint density at radius 3 is 2.46 bits per heavy atom. The van der Waals surface area contributed by atoms with Gasteiger partial charge in [-0.2, -0.15) is 0 Å². The number of nitrogens with one attached hydrogen (secondary N) is 3.